The molecule has 0 aromatic carbocycles. The zero-order chi connectivity index (χ0) is 15.4. The summed E-state index contributed by atoms with van der Waals surface area (Å²) in [5.41, 5.74) is 0. The van der Waals surface area contributed by atoms with Gasteiger partial charge in [-0.25, -0.2) is 0 Å². The van der Waals surface area contributed by atoms with Crippen molar-refractivity contribution >= 4 is 0 Å². The van der Waals surface area contributed by atoms with E-state index in [4.69, 9.17) is 28.4 Å². The molecule has 0 bridgehead atoms. The van der Waals surface area contributed by atoms with Crippen molar-refractivity contribution in [3.05, 3.63) is 0 Å². The average molecular weight is 304 g/mol. The Morgan fingerprint density at radius 1 is 0.952 bits per heavy atom. The molecule has 1 N–H and O–H groups in total. The van der Waals surface area contributed by atoms with Gasteiger partial charge in [-0.3, -0.25) is 0 Å². The van der Waals surface area contributed by atoms with E-state index in [1.165, 1.54) is 7.11 Å². The Kier molecular flexibility index (Phi) is 3.81. The van der Waals surface area contributed by atoms with E-state index in [9.17, 15) is 5.11 Å². The van der Waals surface area contributed by atoms with Crippen LogP contribution >= 0.6 is 0 Å². The average Bonchev–Trinajstić information content (AvgIpc) is 2.67. The van der Waals surface area contributed by atoms with Gasteiger partial charge in [0.2, 0.25) is 0 Å². The predicted octanol–water partition coefficient (Wildman–Crippen LogP) is 0.390. The Labute approximate surface area is 124 Å². The molecule has 0 aromatic rings. The van der Waals surface area contributed by atoms with Gasteiger partial charge in [0.1, 0.15) is 30.5 Å². The highest BCUT2D eigenvalue weighted by Crippen LogP contribution is 2.40. The first kappa shape index (κ1) is 15.6. The SMILES string of the molecule is CO[C@@H]1OC2COC(C)(C)O[C@@H]2[C@@H]2OC(C)(C)OC2C1O. The van der Waals surface area contributed by atoms with Crippen molar-refractivity contribution in [2.24, 2.45) is 0 Å². The zero-order valence-electron chi connectivity index (χ0n) is 13.1. The molecule has 3 saturated heterocycles. The molecule has 0 saturated carbocycles. The van der Waals surface area contributed by atoms with Gasteiger partial charge in [0.25, 0.3) is 0 Å². The van der Waals surface area contributed by atoms with Gasteiger partial charge >= 0.3 is 0 Å². The summed E-state index contributed by atoms with van der Waals surface area (Å²) in [5.74, 6) is -1.52. The molecular formula is C14H24O7. The summed E-state index contributed by atoms with van der Waals surface area (Å²) in [6.45, 7) is 7.66. The number of aliphatic hydroxyl groups excluding tert-OH is 1. The monoisotopic (exact) mass is 304 g/mol. The Morgan fingerprint density at radius 2 is 1.57 bits per heavy atom. The van der Waals surface area contributed by atoms with Crippen LogP contribution in [0.4, 0.5) is 0 Å². The molecule has 3 unspecified atom stereocenters. The molecule has 3 rings (SSSR count). The molecule has 3 aliphatic heterocycles. The van der Waals surface area contributed by atoms with E-state index in [0.29, 0.717) is 6.61 Å². The van der Waals surface area contributed by atoms with Crippen LogP contribution in [-0.4, -0.2) is 67.2 Å². The maximum atomic E-state index is 10.5. The summed E-state index contributed by atoms with van der Waals surface area (Å²) in [4.78, 5) is 0. The predicted molar refractivity (Wildman–Crippen MR) is 70.4 cm³/mol. The van der Waals surface area contributed by atoms with Gasteiger partial charge in [-0.15, -0.1) is 0 Å². The molecule has 3 heterocycles. The fraction of sp³-hybridized carbons (Fsp3) is 1.00. The minimum atomic E-state index is -0.959. The van der Waals surface area contributed by atoms with Crippen LogP contribution < -0.4 is 0 Å². The van der Waals surface area contributed by atoms with Crippen molar-refractivity contribution in [3.8, 4) is 0 Å². The minimum Gasteiger partial charge on any atom is -0.385 e. The third kappa shape index (κ3) is 2.84. The molecule has 6 atom stereocenters. The number of aliphatic hydroxyl groups is 1. The summed E-state index contributed by atoms with van der Waals surface area (Å²) in [5, 5.41) is 10.5. The Morgan fingerprint density at radius 3 is 2.24 bits per heavy atom. The van der Waals surface area contributed by atoms with Crippen LogP contribution in [0.2, 0.25) is 0 Å². The van der Waals surface area contributed by atoms with Crippen LogP contribution in [0.25, 0.3) is 0 Å². The number of hydrogen-bond donors (Lipinski definition) is 1. The maximum absolute atomic E-state index is 10.5. The standard InChI is InChI=1S/C14H24O7/c1-13(2)17-6-7-9(19-13)11-10(20-14(3,4)21-11)8(15)12(16-5)18-7/h7-12,15H,6H2,1-5H3/t7?,8?,9-,10?,11-,12+/m0/s1. The van der Waals surface area contributed by atoms with Crippen molar-refractivity contribution < 1.29 is 33.5 Å². The maximum Gasteiger partial charge on any atom is 0.186 e. The van der Waals surface area contributed by atoms with Crippen molar-refractivity contribution in [2.75, 3.05) is 13.7 Å². The molecule has 3 aliphatic rings. The molecular weight excluding hydrogens is 280 g/mol. The van der Waals surface area contributed by atoms with Crippen LogP contribution in [0.5, 0.6) is 0 Å². The van der Waals surface area contributed by atoms with E-state index >= 15 is 0 Å². The first-order valence-electron chi connectivity index (χ1n) is 7.26. The summed E-state index contributed by atoms with van der Waals surface area (Å²) in [6, 6.07) is 0. The second-order valence-electron chi connectivity index (χ2n) is 6.63. The first-order chi connectivity index (χ1) is 9.72. The fourth-order valence-corrected chi connectivity index (χ4v) is 3.15. The van der Waals surface area contributed by atoms with E-state index < -0.39 is 42.3 Å². The highest BCUT2D eigenvalue weighted by atomic mass is 16.8. The molecule has 21 heavy (non-hydrogen) atoms. The van der Waals surface area contributed by atoms with Gasteiger partial charge in [0, 0.05) is 7.11 Å². The summed E-state index contributed by atoms with van der Waals surface area (Å²) in [7, 11) is 1.48. The van der Waals surface area contributed by atoms with E-state index in [1.54, 1.807) is 0 Å². The Balaban J connectivity index is 1.92. The quantitative estimate of drug-likeness (QED) is 0.751. The number of methoxy groups -OCH3 is 1. The zero-order valence-corrected chi connectivity index (χ0v) is 13.1. The molecule has 0 amide bonds. The molecule has 0 aliphatic carbocycles. The van der Waals surface area contributed by atoms with Crippen molar-refractivity contribution in [1.82, 2.24) is 0 Å². The van der Waals surface area contributed by atoms with E-state index in [-0.39, 0.29) is 6.10 Å². The van der Waals surface area contributed by atoms with Gasteiger partial charge in [-0.2, -0.15) is 0 Å². The van der Waals surface area contributed by atoms with Crippen LogP contribution in [0.3, 0.4) is 0 Å². The molecule has 7 nitrogen and oxygen atoms in total. The molecule has 0 aromatic heterocycles. The normalized spacial score (nSPS) is 48.3. The second kappa shape index (κ2) is 5.13. The van der Waals surface area contributed by atoms with Gasteiger partial charge < -0.3 is 33.5 Å². The number of rotatable bonds is 1. The summed E-state index contributed by atoms with van der Waals surface area (Å²) >= 11 is 0. The van der Waals surface area contributed by atoms with Gasteiger partial charge in [-0.1, -0.05) is 0 Å². The molecule has 7 heteroatoms. The van der Waals surface area contributed by atoms with Crippen LogP contribution in [-0.2, 0) is 28.4 Å². The minimum absolute atomic E-state index is 0.344. The van der Waals surface area contributed by atoms with Crippen molar-refractivity contribution in [2.45, 2.75) is 76.1 Å². The molecule has 122 valence electrons. The third-order valence-corrected chi connectivity index (χ3v) is 4.03. The molecule has 0 radical (unpaired) electrons. The van der Waals surface area contributed by atoms with Gasteiger partial charge in [0.15, 0.2) is 17.9 Å². The number of fused-ring (bicyclic) bond motifs is 3. The van der Waals surface area contributed by atoms with Crippen molar-refractivity contribution in [1.29, 1.82) is 0 Å². The largest absolute Gasteiger partial charge is 0.385 e. The van der Waals surface area contributed by atoms with E-state index in [1.807, 2.05) is 27.7 Å². The number of ether oxygens (including phenoxy) is 6. The lowest BCUT2D eigenvalue weighted by Crippen LogP contribution is -2.55. The van der Waals surface area contributed by atoms with Crippen LogP contribution in [0, 0.1) is 0 Å². The van der Waals surface area contributed by atoms with E-state index in [0.717, 1.165) is 0 Å². The lowest BCUT2D eigenvalue weighted by Gasteiger charge is -2.42. The lowest BCUT2D eigenvalue weighted by molar-refractivity contribution is -0.340. The fourth-order valence-electron chi connectivity index (χ4n) is 3.15. The Hall–Kier alpha value is -0.280. The Bertz CT molecular complexity index is 397. The van der Waals surface area contributed by atoms with Crippen LogP contribution in [0.1, 0.15) is 27.7 Å². The second-order valence-corrected chi connectivity index (χ2v) is 6.63. The number of hydrogen-bond acceptors (Lipinski definition) is 7. The summed E-state index contributed by atoms with van der Waals surface area (Å²) in [6.07, 6.45) is -3.56. The van der Waals surface area contributed by atoms with E-state index in [2.05, 4.69) is 0 Å². The highest BCUT2D eigenvalue weighted by molar-refractivity contribution is 5.00. The van der Waals surface area contributed by atoms with Crippen molar-refractivity contribution in [3.63, 3.8) is 0 Å². The van der Waals surface area contributed by atoms with Crippen LogP contribution in [0.15, 0.2) is 0 Å². The first-order valence-corrected chi connectivity index (χ1v) is 7.26. The molecule has 3 fully saturated rings. The smallest absolute Gasteiger partial charge is 0.186 e. The van der Waals surface area contributed by atoms with Gasteiger partial charge in [-0.05, 0) is 27.7 Å². The topological polar surface area (TPSA) is 75.6 Å². The lowest BCUT2D eigenvalue weighted by atomic mass is 10.00. The summed E-state index contributed by atoms with van der Waals surface area (Å²) < 4.78 is 34.5. The highest BCUT2D eigenvalue weighted by Gasteiger charge is 2.58. The molecule has 0 spiro atoms. The third-order valence-electron chi connectivity index (χ3n) is 4.03. The van der Waals surface area contributed by atoms with Gasteiger partial charge in [0.05, 0.1) is 6.61 Å².